The summed E-state index contributed by atoms with van der Waals surface area (Å²) in [5.74, 6) is 1.47. The summed E-state index contributed by atoms with van der Waals surface area (Å²) in [6.07, 6.45) is 1.89. The fourth-order valence-electron chi connectivity index (χ4n) is 2.75. The molecule has 3 aromatic rings. The summed E-state index contributed by atoms with van der Waals surface area (Å²) in [5.41, 5.74) is 1.37. The van der Waals surface area contributed by atoms with Gasteiger partial charge in [0.1, 0.15) is 5.75 Å². The average molecular weight is 353 g/mol. The lowest BCUT2D eigenvalue weighted by Crippen LogP contribution is -2.36. The smallest absolute Gasteiger partial charge is 0.319 e. The summed E-state index contributed by atoms with van der Waals surface area (Å²) < 4.78 is 7.44. The highest BCUT2D eigenvalue weighted by molar-refractivity contribution is 5.91. The van der Waals surface area contributed by atoms with Crippen LogP contribution in [0.5, 0.6) is 5.75 Å². The summed E-state index contributed by atoms with van der Waals surface area (Å²) in [4.78, 5) is 12.6. The summed E-state index contributed by atoms with van der Waals surface area (Å²) in [7, 11) is 0. The first-order valence-corrected chi connectivity index (χ1v) is 8.69. The molecule has 1 aromatic carbocycles. The molecule has 1 unspecified atom stereocenters. The maximum Gasteiger partial charge on any atom is 0.319 e. The molecule has 7 heteroatoms. The number of aromatic nitrogens is 3. The minimum atomic E-state index is -0.316. The molecule has 2 aromatic heterocycles. The Morgan fingerprint density at radius 3 is 2.69 bits per heavy atom. The predicted octanol–water partition coefficient (Wildman–Crippen LogP) is 3.65. The van der Waals surface area contributed by atoms with Crippen LogP contribution in [0.25, 0.3) is 5.65 Å². The SMILES string of the molecule is CCOc1ccccc1NC(=O)NC(c1nnc2ccccn12)C(C)C. The Bertz CT molecular complexity index is 890. The number of pyridine rings is 1. The molecule has 0 spiro atoms. The van der Waals surface area contributed by atoms with Crippen LogP contribution < -0.4 is 15.4 Å². The van der Waals surface area contributed by atoms with E-state index in [0.29, 0.717) is 23.9 Å². The van der Waals surface area contributed by atoms with E-state index in [1.165, 1.54) is 0 Å². The standard InChI is InChI=1S/C19H23N5O2/c1-4-26-15-10-6-5-9-14(15)20-19(25)21-17(13(2)3)18-23-22-16-11-7-8-12-24(16)18/h5-13,17H,4H2,1-3H3,(H2,20,21,25). The largest absolute Gasteiger partial charge is 0.492 e. The Labute approximate surface area is 152 Å². The van der Waals surface area contributed by atoms with Gasteiger partial charge in [0.05, 0.1) is 18.3 Å². The number of carbonyl (C=O) groups is 1. The van der Waals surface area contributed by atoms with Gasteiger partial charge in [-0.05, 0) is 37.1 Å². The highest BCUT2D eigenvalue weighted by atomic mass is 16.5. The van der Waals surface area contributed by atoms with Gasteiger partial charge in [0, 0.05) is 6.20 Å². The van der Waals surface area contributed by atoms with Crippen molar-refractivity contribution in [2.75, 3.05) is 11.9 Å². The van der Waals surface area contributed by atoms with Crippen LogP contribution in [0.2, 0.25) is 0 Å². The van der Waals surface area contributed by atoms with E-state index in [1.54, 1.807) is 6.07 Å². The quantitative estimate of drug-likeness (QED) is 0.709. The monoisotopic (exact) mass is 353 g/mol. The van der Waals surface area contributed by atoms with Gasteiger partial charge in [0.2, 0.25) is 0 Å². The van der Waals surface area contributed by atoms with Gasteiger partial charge in [-0.1, -0.05) is 32.0 Å². The zero-order valence-corrected chi connectivity index (χ0v) is 15.1. The molecule has 2 heterocycles. The molecule has 26 heavy (non-hydrogen) atoms. The van der Waals surface area contributed by atoms with Crippen LogP contribution in [0.15, 0.2) is 48.7 Å². The van der Waals surface area contributed by atoms with E-state index in [1.807, 2.05) is 67.8 Å². The van der Waals surface area contributed by atoms with E-state index in [2.05, 4.69) is 20.8 Å². The Morgan fingerprint density at radius 1 is 1.15 bits per heavy atom. The molecule has 0 aliphatic rings. The zero-order valence-electron chi connectivity index (χ0n) is 15.1. The Balaban J connectivity index is 1.80. The van der Waals surface area contributed by atoms with Crippen LogP contribution >= 0.6 is 0 Å². The van der Waals surface area contributed by atoms with Gasteiger partial charge in [-0.25, -0.2) is 4.79 Å². The third kappa shape index (κ3) is 3.77. The maximum absolute atomic E-state index is 12.6. The first kappa shape index (κ1) is 17.7. The Morgan fingerprint density at radius 2 is 1.92 bits per heavy atom. The number of hydrogen-bond donors (Lipinski definition) is 2. The van der Waals surface area contributed by atoms with Gasteiger partial charge >= 0.3 is 6.03 Å². The first-order chi connectivity index (χ1) is 12.6. The van der Waals surface area contributed by atoms with E-state index < -0.39 is 0 Å². The fourth-order valence-corrected chi connectivity index (χ4v) is 2.75. The molecule has 0 saturated carbocycles. The summed E-state index contributed by atoms with van der Waals surface area (Å²) >= 11 is 0. The van der Waals surface area contributed by atoms with Gasteiger partial charge in [-0.3, -0.25) is 4.40 Å². The van der Waals surface area contributed by atoms with Crippen LogP contribution in [0, 0.1) is 5.92 Å². The number of urea groups is 1. The number of nitrogens with zero attached hydrogens (tertiary/aromatic N) is 3. The number of ether oxygens (including phenoxy) is 1. The van der Waals surface area contributed by atoms with Crippen LogP contribution in [0.3, 0.4) is 0 Å². The third-order valence-corrected chi connectivity index (χ3v) is 4.01. The van der Waals surface area contributed by atoms with Crippen molar-refractivity contribution >= 4 is 17.4 Å². The highest BCUT2D eigenvalue weighted by Crippen LogP contribution is 2.25. The number of carbonyl (C=O) groups excluding carboxylic acids is 1. The van der Waals surface area contributed by atoms with Crippen molar-refractivity contribution in [1.82, 2.24) is 19.9 Å². The minimum absolute atomic E-state index is 0.135. The highest BCUT2D eigenvalue weighted by Gasteiger charge is 2.24. The number of para-hydroxylation sites is 2. The Hall–Kier alpha value is -3.09. The molecular formula is C19H23N5O2. The van der Waals surface area contributed by atoms with Crippen molar-refractivity contribution in [3.63, 3.8) is 0 Å². The van der Waals surface area contributed by atoms with Crippen molar-refractivity contribution in [1.29, 1.82) is 0 Å². The zero-order chi connectivity index (χ0) is 18.5. The number of hydrogen-bond acceptors (Lipinski definition) is 4. The third-order valence-electron chi connectivity index (χ3n) is 4.01. The molecule has 0 bridgehead atoms. The second-order valence-corrected chi connectivity index (χ2v) is 6.24. The van der Waals surface area contributed by atoms with Gasteiger partial charge in [0.25, 0.3) is 0 Å². The summed E-state index contributed by atoms with van der Waals surface area (Å²) in [6.45, 7) is 6.49. The maximum atomic E-state index is 12.6. The van der Waals surface area contributed by atoms with Gasteiger partial charge < -0.3 is 15.4 Å². The molecule has 0 saturated heterocycles. The van der Waals surface area contributed by atoms with E-state index in [-0.39, 0.29) is 18.0 Å². The number of amides is 2. The van der Waals surface area contributed by atoms with Crippen molar-refractivity contribution in [3.05, 3.63) is 54.5 Å². The van der Waals surface area contributed by atoms with Crippen molar-refractivity contribution in [3.8, 4) is 5.75 Å². The van der Waals surface area contributed by atoms with Crippen molar-refractivity contribution in [2.45, 2.75) is 26.8 Å². The number of benzene rings is 1. The minimum Gasteiger partial charge on any atom is -0.492 e. The van der Waals surface area contributed by atoms with Crippen LogP contribution in [0.4, 0.5) is 10.5 Å². The Kier molecular flexibility index (Phi) is 5.36. The molecule has 0 aliphatic carbocycles. The number of rotatable bonds is 6. The molecule has 2 amide bonds. The van der Waals surface area contributed by atoms with E-state index in [0.717, 1.165) is 5.65 Å². The molecular weight excluding hydrogens is 330 g/mol. The van der Waals surface area contributed by atoms with Crippen LogP contribution in [-0.4, -0.2) is 27.2 Å². The molecule has 136 valence electrons. The normalized spacial score (nSPS) is 12.2. The fraction of sp³-hybridized carbons (Fsp3) is 0.316. The lowest BCUT2D eigenvalue weighted by atomic mass is 10.0. The molecule has 7 nitrogen and oxygen atoms in total. The van der Waals surface area contributed by atoms with Crippen LogP contribution in [-0.2, 0) is 0 Å². The van der Waals surface area contributed by atoms with Crippen molar-refractivity contribution in [2.24, 2.45) is 5.92 Å². The van der Waals surface area contributed by atoms with Crippen LogP contribution in [0.1, 0.15) is 32.6 Å². The van der Waals surface area contributed by atoms with E-state index >= 15 is 0 Å². The molecule has 2 N–H and O–H groups in total. The molecule has 1 atom stereocenters. The lowest BCUT2D eigenvalue weighted by Gasteiger charge is -2.21. The molecule has 0 fully saturated rings. The number of fused-ring (bicyclic) bond motifs is 1. The lowest BCUT2D eigenvalue weighted by molar-refractivity contribution is 0.243. The second-order valence-electron chi connectivity index (χ2n) is 6.24. The average Bonchev–Trinajstić information content (AvgIpc) is 3.05. The van der Waals surface area contributed by atoms with E-state index in [4.69, 9.17) is 4.74 Å². The topological polar surface area (TPSA) is 80.5 Å². The second kappa shape index (κ2) is 7.86. The summed E-state index contributed by atoms with van der Waals surface area (Å²) in [5, 5.41) is 14.3. The van der Waals surface area contributed by atoms with Gasteiger partial charge in [0.15, 0.2) is 11.5 Å². The molecule has 3 rings (SSSR count). The van der Waals surface area contributed by atoms with E-state index in [9.17, 15) is 4.79 Å². The number of nitrogens with one attached hydrogen (secondary N) is 2. The van der Waals surface area contributed by atoms with Crippen molar-refractivity contribution < 1.29 is 9.53 Å². The number of anilines is 1. The first-order valence-electron chi connectivity index (χ1n) is 8.69. The predicted molar refractivity (Wildman–Crippen MR) is 100 cm³/mol. The van der Waals surface area contributed by atoms with Gasteiger partial charge in [-0.2, -0.15) is 0 Å². The molecule has 0 radical (unpaired) electrons. The summed E-state index contributed by atoms with van der Waals surface area (Å²) in [6, 6.07) is 12.4. The molecule has 0 aliphatic heterocycles. The van der Waals surface area contributed by atoms with Gasteiger partial charge in [-0.15, -0.1) is 10.2 Å².